The molecule has 3 nitrogen and oxygen atoms in total. The lowest BCUT2D eigenvalue weighted by molar-refractivity contribution is 0.262. The molecule has 20 heavy (non-hydrogen) atoms. The highest BCUT2D eigenvalue weighted by molar-refractivity contribution is 9.10. The second-order valence-electron chi connectivity index (χ2n) is 4.50. The van der Waals surface area contributed by atoms with Gasteiger partial charge in [-0.15, -0.1) is 0 Å². The van der Waals surface area contributed by atoms with Crippen LogP contribution in [0.15, 0.2) is 40.9 Å². The van der Waals surface area contributed by atoms with E-state index in [1.807, 2.05) is 26.0 Å². The summed E-state index contributed by atoms with van der Waals surface area (Å²) in [7, 11) is 0. The Balaban J connectivity index is 2.07. The van der Waals surface area contributed by atoms with Crippen molar-refractivity contribution in [2.24, 2.45) is 0 Å². The van der Waals surface area contributed by atoms with Gasteiger partial charge in [-0.1, -0.05) is 22.0 Å². The van der Waals surface area contributed by atoms with E-state index in [4.69, 9.17) is 0 Å². The van der Waals surface area contributed by atoms with Crippen molar-refractivity contribution in [3.8, 4) is 0 Å². The predicted molar refractivity (Wildman–Crippen MR) is 82.7 cm³/mol. The number of hydrogen-bond donors (Lipinski definition) is 2. The van der Waals surface area contributed by atoms with Gasteiger partial charge in [0, 0.05) is 10.2 Å². The molecule has 0 radical (unpaired) electrons. The maximum absolute atomic E-state index is 13.6. The van der Waals surface area contributed by atoms with Crippen LogP contribution < -0.4 is 10.6 Å². The van der Waals surface area contributed by atoms with Crippen LogP contribution in [0.2, 0.25) is 0 Å². The van der Waals surface area contributed by atoms with E-state index in [2.05, 4.69) is 26.6 Å². The van der Waals surface area contributed by atoms with Gasteiger partial charge < -0.3 is 10.6 Å². The largest absolute Gasteiger partial charge is 0.323 e. The SMILES string of the molecule is Cc1ccc(NC(=O)Nc2ccc(Br)cc2F)cc1C. The fraction of sp³-hybridized carbons (Fsp3) is 0.133. The average Bonchev–Trinajstić information content (AvgIpc) is 2.37. The number of halogens is 2. The molecule has 0 atom stereocenters. The summed E-state index contributed by atoms with van der Waals surface area (Å²) in [5, 5.41) is 5.15. The first-order valence-corrected chi connectivity index (χ1v) is 6.85. The number of carbonyl (C=O) groups is 1. The van der Waals surface area contributed by atoms with Gasteiger partial charge in [-0.05, 0) is 55.3 Å². The molecule has 2 rings (SSSR count). The summed E-state index contributed by atoms with van der Waals surface area (Å²) in [6, 6.07) is 9.58. The van der Waals surface area contributed by atoms with E-state index < -0.39 is 11.8 Å². The third kappa shape index (κ3) is 3.57. The van der Waals surface area contributed by atoms with Crippen LogP contribution in [0.1, 0.15) is 11.1 Å². The molecule has 2 aromatic rings. The van der Waals surface area contributed by atoms with Crippen molar-refractivity contribution in [3.63, 3.8) is 0 Å². The van der Waals surface area contributed by atoms with Crippen molar-refractivity contribution in [1.29, 1.82) is 0 Å². The summed E-state index contributed by atoms with van der Waals surface area (Å²) < 4.78 is 14.2. The number of amides is 2. The van der Waals surface area contributed by atoms with Gasteiger partial charge >= 0.3 is 6.03 Å². The van der Waals surface area contributed by atoms with Crippen LogP contribution in [0.5, 0.6) is 0 Å². The first-order chi connectivity index (χ1) is 9.45. The van der Waals surface area contributed by atoms with Crippen LogP contribution >= 0.6 is 15.9 Å². The van der Waals surface area contributed by atoms with Crippen molar-refractivity contribution in [3.05, 3.63) is 57.8 Å². The van der Waals surface area contributed by atoms with Gasteiger partial charge in [0.05, 0.1) is 5.69 Å². The molecule has 2 amide bonds. The van der Waals surface area contributed by atoms with Gasteiger partial charge in [0.2, 0.25) is 0 Å². The summed E-state index contributed by atoms with van der Waals surface area (Å²) in [6.07, 6.45) is 0. The molecule has 0 saturated heterocycles. The molecule has 0 aliphatic heterocycles. The van der Waals surface area contributed by atoms with Crippen LogP contribution in [-0.2, 0) is 0 Å². The van der Waals surface area contributed by atoms with Crippen molar-refractivity contribution in [2.75, 3.05) is 10.6 Å². The first-order valence-electron chi connectivity index (χ1n) is 6.06. The Morgan fingerprint density at radius 1 is 1.05 bits per heavy atom. The Bertz CT molecular complexity index is 658. The van der Waals surface area contributed by atoms with Gasteiger partial charge in [-0.25, -0.2) is 9.18 Å². The minimum atomic E-state index is -0.491. The van der Waals surface area contributed by atoms with Gasteiger partial charge in [-0.2, -0.15) is 0 Å². The van der Waals surface area contributed by atoms with Crippen LogP contribution in [-0.4, -0.2) is 6.03 Å². The summed E-state index contributed by atoms with van der Waals surface area (Å²) >= 11 is 3.16. The van der Waals surface area contributed by atoms with Crippen molar-refractivity contribution in [2.45, 2.75) is 13.8 Å². The maximum Gasteiger partial charge on any atom is 0.323 e. The molecule has 0 bridgehead atoms. The Morgan fingerprint density at radius 3 is 2.45 bits per heavy atom. The standard InChI is InChI=1S/C15H14BrFN2O/c1-9-3-5-12(7-10(9)2)18-15(20)19-14-6-4-11(16)8-13(14)17/h3-8H,1-2H3,(H2,18,19,20). The zero-order valence-corrected chi connectivity index (χ0v) is 12.7. The predicted octanol–water partition coefficient (Wildman–Crippen LogP) is 4.85. The van der Waals surface area contributed by atoms with Gasteiger partial charge in [0.1, 0.15) is 5.82 Å². The summed E-state index contributed by atoms with van der Waals surface area (Å²) in [6.45, 7) is 3.96. The topological polar surface area (TPSA) is 41.1 Å². The molecule has 2 aromatic carbocycles. The van der Waals surface area contributed by atoms with Crippen LogP contribution in [0.3, 0.4) is 0 Å². The van der Waals surface area contributed by atoms with Crippen LogP contribution in [0, 0.1) is 19.7 Å². The number of anilines is 2. The molecule has 5 heteroatoms. The van der Waals surface area contributed by atoms with Crippen LogP contribution in [0.4, 0.5) is 20.6 Å². The Labute approximate surface area is 125 Å². The molecule has 0 heterocycles. The number of nitrogens with one attached hydrogen (secondary N) is 2. The van der Waals surface area contributed by atoms with E-state index in [-0.39, 0.29) is 5.69 Å². The molecule has 0 spiro atoms. The smallest absolute Gasteiger partial charge is 0.308 e. The first kappa shape index (κ1) is 14.5. The quantitative estimate of drug-likeness (QED) is 0.808. The lowest BCUT2D eigenvalue weighted by Crippen LogP contribution is -2.20. The van der Waals surface area contributed by atoms with Crippen LogP contribution in [0.25, 0.3) is 0 Å². The second kappa shape index (κ2) is 6.05. The molecule has 0 aliphatic carbocycles. The average molecular weight is 337 g/mol. The normalized spacial score (nSPS) is 10.2. The van der Waals surface area contributed by atoms with Gasteiger partial charge in [-0.3, -0.25) is 0 Å². The fourth-order valence-corrected chi connectivity index (χ4v) is 2.03. The number of benzene rings is 2. The minimum absolute atomic E-state index is 0.134. The highest BCUT2D eigenvalue weighted by Gasteiger charge is 2.07. The summed E-state index contributed by atoms with van der Waals surface area (Å²) in [5.41, 5.74) is 3.03. The Hall–Kier alpha value is -1.88. The maximum atomic E-state index is 13.6. The third-order valence-electron chi connectivity index (χ3n) is 2.94. The monoisotopic (exact) mass is 336 g/mol. The highest BCUT2D eigenvalue weighted by Crippen LogP contribution is 2.20. The Kier molecular flexibility index (Phi) is 4.39. The van der Waals surface area contributed by atoms with E-state index in [9.17, 15) is 9.18 Å². The molecule has 2 N–H and O–H groups in total. The molecule has 0 saturated carbocycles. The van der Waals surface area contributed by atoms with Gasteiger partial charge in [0.25, 0.3) is 0 Å². The van der Waals surface area contributed by atoms with Crippen molar-refractivity contribution < 1.29 is 9.18 Å². The third-order valence-corrected chi connectivity index (χ3v) is 3.44. The van der Waals surface area contributed by atoms with E-state index in [1.54, 1.807) is 12.1 Å². The molecule has 104 valence electrons. The van der Waals surface area contributed by atoms with Gasteiger partial charge in [0.15, 0.2) is 0 Å². The zero-order valence-electron chi connectivity index (χ0n) is 11.1. The number of rotatable bonds is 2. The summed E-state index contributed by atoms with van der Waals surface area (Å²) in [4.78, 5) is 11.8. The second-order valence-corrected chi connectivity index (χ2v) is 5.42. The van der Waals surface area contributed by atoms with E-state index in [0.717, 1.165) is 11.1 Å². The minimum Gasteiger partial charge on any atom is -0.308 e. The number of urea groups is 1. The fourth-order valence-electron chi connectivity index (χ4n) is 1.69. The van der Waals surface area contributed by atoms with E-state index >= 15 is 0 Å². The molecule has 0 fully saturated rings. The zero-order chi connectivity index (χ0) is 14.7. The van der Waals surface area contributed by atoms with E-state index in [1.165, 1.54) is 12.1 Å². The van der Waals surface area contributed by atoms with Crippen molar-refractivity contribution >= 4 is 33.3 Å². The number of hydrogen-bond acceptors (Lipinski definition) is 1. The molecule has 0 aliphatic rings. The highest BCUT2D eigenvalue weighted by atomic mass is 79.9. The summed E-state index contributed by atoms with van der Waals surface area (Å²) in [5.74, 6) is -0.491. The Morgan fingerprint density at radius 2 is 1.80 bits per heavy atom. The number of aryl methyl sites for hydroxylation is 2. The molecule has 0 aromatic heterocycles. The number of carbonyl (C=O) groups excluding carboxylic acids is 1. The molecular formula is C15H14BrFN2O. The molecule has 0 unspecified atom stereocenters. The van der Waals surface area contributed by atoms with E-state index in [0.29, 0.717) is 10.2 Å². The molecular weight excluding hydrogens is 323 g/mol. The van der Waals surface area contributed by atoms with Crippen molar-refractivity contribution in [1.82, 2.24) is 0 Å². The lowest BCUT2D eigenvalue weighted by atomic mass is 10.1. The lowest BCUT2D eigenvalue weighted by Gasteiger charge is -2.10.